The van der Waals surface area contributed by atoms with Crippen molar-refractivity contribution in [2.45, 2.75) is 39.3 Å². The molecule has 0 aliphatic carbocycles. The number of benzene rings is 1. The van der Waals surface area contributed by atoms with Crippen molar-refractivity contribution in [2.24, 2.45) is 7.05 Å². The molecule has 1 aliphatic heterocycles. The summed E-state index contributed by atoms with van der Waals surface area (Å²) in [6.07, 6.45) is 3.97. The first-order chi connectivity index (χ1) is 14.3. The molecule has 6 nitrogen and oxygen atoms in total. The topological polar surface area (TPSA) is 60.2 Å². The Morgan fingerprint density at radius 1 is 1.27 bits per heavy atom. The van der Waals surface area contributed by atoms with Crippen LogP contribution >= 0.6 is 11.6 Å². The summed E-state index contributed by atoms with van der Waals surface area (Å²) < 4.78 is 7.58. The fraction of sp³-hybridized carbons (Fsp3) is 0.348. The van der Waals surface area contributed by atoms with Crippen molar-refractivity contribution in [1.82, 2.24) is 19.7 Å². The largest absolute Gasteiger partial charge is 0.489 e. The first-order valence-electron chi connectivity index (χ1n) is 10.1. The molecule has 1 atom stereocenters. The summed E-state index contributed by atoms with van der Waals surface area (Å²) in [5.41, 5.74) is 4.71. The number of pyridine rings is 1. The number of aromatic nitrogens is 3. The predicted octanol–water partition coefficient (Wildman–Crippen LogP) is 4.68. The van der Waals surface area contributed by atoms with Gasteiger partial charge in [0.1, 0.15) is 5.75 Å². The average molecular weight is 425 g/mol. The SMILES string of the molecule is CC(C)Oc1cncc(C(=O)N2CCc3c(nn(C)c3-c3cccc(Cl)c3)[C@@H]2C)c1. The second-order valence-corrected chi connectivity index (χ2v) is 8.28. The Bertz CT molecular complexity index is 1090. The molecule has 0 spiro atoms. The van der Waals surface area contributed by atoms with Crippen LogP contribution in [0.4, 0.5) is 0 Å². The van der Waals surface area contributed by atoms with Gasteiger partial charge in [-0.05, 0) is 45.4 Å². The van der Waals surface area contributed by atoms with Crippen molar-refractivity contribution in [1.29, 1.82) is 0 Å². The molecule has 2 aromatic heterocycles. The van der Waals surface area contributed by atoms with Gasteiger partial charge in [0, 0.05) is 35.9 Å². The van der Waals surface area contributed by atoms with Crippen LogP contribution in [0.1, 0.15) is 48.4 Å². The molecular formula is C23H25ClN4O2. The fourth-order valence-electron chi connectivity index (χ4n) is 4.06. The lowest BCUT2D eigenvalue weighted by molar-refractivity contribution is 0.0672. The van der Waals surface area contributed by atoms with Crippen LogP contribution in [0.25, 0.3) is 11.3 Å². The third-order valence-corrected chi connectivity index (χ3v) is 5.57. The van der Waals surface area contributed by atoms with Crippen LogP contribution in [-0.2, 0) is 13.5 Å². The zero-order valence-corrected chi connectivity index (χ0v) is 18.3. The fourth-order valence-corrected chi connectivity index (χ4v) is 4.25. The summed E-state index contributed by atoms with van der Waals surface area (Å²) in [6.45, 7) is 6.52. The first-order valence-corrected chi connectivity index (χ1v) is 10.5. The van der Waals surface area contributed by atoms with E-state index in [0.717, 1.165) is 23.4 Å². The van der Waals surface area contributed by atoms with Crippen molar-refractivity contribution >= 4 is 17.5 Å². The second-order valence-electron chi connectivity index (χ2n) is 7.85. The molecule has 30 heavy (non-hydrogen) atoms. The summed E-state index contributed by atoms with van der Waals surface area (Å²) in [5, 5.41) is 5.45. The van der Waals surface area contributed by atoms with E-state index >= 15 is 0 Å². The van der Waals surface area contributed by atoms with Crippen LogP contribution in [0.5, 0.6) is 5.75 Å². The van der Waals surface area contributed by atoms with E-state index in [9.17, 15) is 4.79 Å². The number of amides is 1. The lowest BCUT2D eigenvalue weighted by atomic mass is 9.95. The first kappa shape index (κ1) is 20.4. The van der Waals surface area contributed by atoms with Gasteiger partial charge in [-0.3, -0.25) is 14.5 Å². The maximum Gasteiger partial charge on any atom is 0.256 e. The molecule has 0 radical (unpaired) electrons. The number of carbonyl (C=O) groups excluding carboxylic acids is 1. The quantitative estimate of drug-likeness (QED) is 0.610. The van der Waals surface area contributed by atoms with Gasteiger partial charge in [0.05, 0.1) is 35.3 Å². The minimum atomic E-state index is -0.143. The lowest BCUT2D eigenvalue weighted by Crippen LogP contribution is -2.39. The van der Waals surface area contributed by atoms with Crippen molar-refractivity contribution in [3.05, 3.63) is 64.6 Å². The van der Waals surface area contributed by atoms with E-state index in [1.54, 1.807) is 18.5 Å². The minimum Gasteiger partial charge on any atom is -0.489 e. The van der Waals surface area contributed by atoms with E-state index in [4.69, 9.17) is 21.4 Å². The van der Waals surface area contributed by atoms with E-state index in [-0.39, 0.29) is 18.1 Å². The van der Waals surface area contributed by atoms with E-state index < -0.39 is 0 Å². The summed E-state index contributed by atoms with van der Waals surface area (Å²) in [7, 11) is 1.93. The Hall–Kier alpha value is -2.86. The van der Waals surface area contributed by atoms with Gasteiger partial charge in [0.25, 0.3) is 5.91 Å². The molecule has 0 bridgehead atoms. The highest BCUT2D eigenvalue weighted by atomic mass is 35.5. The number of ether oxygens (including phenoxy) is 1. The van der Waals surface area contributed by atoms with Gasteiger partial charge in [0.2, 0.25) is 0 Å². The highest BCUT2D eigenvalue weighted by Gasteiger charge is 2.33. The van der Waals surface area contributed by atoms with E-state index in [2.05, 4.69) is 4.98 Å². The van der Waals surface area contributed by atoms with Crippen LogP contribution in [0.2, 0.25) is 5.02 Å². The van der Waals surface area contributed by atoms with E-state index in [1.807, 2.05) is 61.7 Å². The van der Waals surface area contributed by atoms with Crippen LogP contribution in [0.3, 0.4) is 0 Å². The van der Waals surface area contributed by atoms with Gasteiger partial charge in [-0.1, -0.05) is 23.7 Å². The van der Waals surface area contributed by atoms with Crippen LogP contribution in [0, 0.1) is 0 Å². The molecule has 1 aromatic carbocycles. The molecule has 0 saturated heterocycles. The second kappa shape index (κ2) is 8.11. The Morgan fingerprint density at radius 3 is 2.80 bits per heavy atom. The average Bonchev–Trinajstić information content (AvgIpc) is 3.04. The standard InChI is InChI=1S/C23H25ClN4O2/c1-14(2)30-19-11-17(12-25-13-19)23(29)28-9-8-20-21(15(28)3)26-27(4)22(20)16-6-5-7-18(24)10-16/h5-7,10-15H,8-9H2,1-4H3/t15-/m0/s1. The van der Waals surface area contributed by atoms with Gasteiger partial charge >= 0.3 is 0 Å². The van der Waals surface area contributed by atoms with Gasteiger partial charge in [-0.2, -0.15) is 5.10 Å². The Morgan fingerprint density at radius 2 is 2.07 bits per heavy atom. The van der Waals surface area contributed by atoms with Crippen molar-refractivity contribution < 1.29 is 9.53 Å². The summed E-state index contributed by atoms with van der Waals surface area (Å²) in [5.74, 6) is 0.534. The molecule has 0 fully saturated rings. The summed E-state index contributed by atoms with van der Waals surface area (Å²) in [6, 6.07) is 9.41. The molecule has 3 heterocycles. The number of fused-ring (bicyclic) bond motifs is 1. The third kappa shape index (κ3) is 3.79. The minimum absolute atomic E-state index is 0.0204. The van der Waals surface area contributed by atoms with Crippen LogP contribution in [-0.4, -0.2) is 38.2 Å². The third-order valence-electron chi connectivity index (χ3n) is 5.33. The molecule has 1 aliphatic rings. The lowest BCUT2D eigenvalue weighted by Gasteiger charge is -2.33. The molecule has 7 heteroatoms. The van der Waals surface area contributed by atoms with Gasteiger partial charge in [0.15, 0.2) is 0 Å². The number of rotatable bonds is 4. The van der Waals surface area contributed by atoms with Crippen LogP contribution < -0.4 is 4.74 Å². The van der Waals surface area contributed by atoms with Crippen molar-refractivity contribution in [3.63, 3.8) is 0 Å². The number of nitrogens with zero attached hydrogens (tertiary/aromatic N) is 4. The number of hydrogen-bond acceptors (Lipinski definition) is 4. The van der Waals surface area contributed by atoms with Crippen molar-refractivity contribution in [2.75, 3.05) is 6.54 Å². The molecule has 4 rings (SSSR count). The number of aryl methyl sites for hydroxylation is 1. The molecular weight excluding hydrogens is 400 g/mol. The van der Waals surface area contributed by atoms with E-state index in [0.29, 0.717) is 22.9 Å². The zero-order chi connectivity index (χ0) is 21.4. The molecule has 3 aromatic rings. The Kier molecular flexibility index (Phi) is 5.52. The molecule has 0 unspecified atom stereocenters. The molecule has 0 N–H and O–H groups in total. The van der Waals surface area contributed by atoms with Gasteiger partial charge in [-0.15, -0.1) is 0 Å². The number of halogens is 1. The van der Waals surface area contributed by atoms with Gasteiger partial charge < -0.3 is 9.64 Å². The van der Waals surface area contributed by atoms with Crippen molar-refractivity contribution in [3.8, 4) is 17.0 Å². The van der Waals surface area contributed by atoms with Gasteiger partial charge in [-0.25, -0.2) is 0 Å². The highest BCUT2D eigenvalue weighted by Crippen LogP contribution is 2.36. The maximum atomic E-state index is 13.2. The summed E-state index contributed by atoms with van der Waals surface area (Å²) >= 11 is 6.20. The predicted molar refractivity (Wildman–Crippen MR) is 117 cm³/mol. The molecule has 156 valence electrons. The number of carbonyl (C=O) groups is 1. The number of hydrogen-bond donors (Lipinski definition) is 0. The zero-order valence-electron chi connectivity index (χ0n) is 17.6. The Balaban J connectivity index is 1.64. The molecule has 1 amide bonds. The summed E-state index contributed by atoms with van der Waals surface area (Å²) in [4.78, 5) is 19.3. The maximum absolute atomic E-state index is 13.2. The molecule has 0 saturated carbocycles. The smallest absolute Gasteiger partial charge is 0.256 e. The van der Waals surface area contributed by atoms with Crippen LogP contribution in [0.15, 0.2) is 42.7 Å². The monoisotopic (exact) mass is 424 g/mol. The highest BCUT2D eigenvalue weighted by molar-refractivity contribution is 6.30. The Labute approximate surface area is 181 Å². The van der Waals surface area contributed by atoms with E-state index in [1.165, 1.54) is 5.56 Å². The normalized spacial score (nSPS) is 15.9.